The molecule has 2 aromatic carbocycles. The van der Waals surface area contributed by atoms with E-state index in [1.54, 1.807) is 31.2 Å². The molecule has 32 heavy (non-hydrogen) atoms. The van der Waals surface area contributed by atoms with Crippen molar-refractivity contribution in [2.75, 3.05) is 5.32 Å². The van der Waals surface area contributed by atoms with Gasteiger partial charge in [0.15, 0.2) is 0 Å². The predicted molar refractivity (Wildman–Crippen MR) is 110 cm³/mol. The van der Waals surface area contributed by atoms with Crippen LogP contribution in [0.4, 0.5) is 23.2 Å². The molecule has 1 saturated carbocycles. The van der Waals surface area contributed by atoms with E-state index in [0.29, 0.717) is 17.0 Å². The zero-order valence-corrected chi connectivity index (χ0v) is 17.1. The maximum atomic E-state index is 13.0. The molecule has 2 amide bonds. The van der Waals surface area contributed by atoms with Crippen LogP contribution >= 0.6 is 0 Å². The molecule has 0 saturated heterocycles. The first kappa shape index (κ1) is 23.2. The molecule has 1 fully saturated rings. The van der Waals surface area contributed by atoms with Crippen LogP contribution in [0.3, 0.4) is 0 Å². The predicted octanol–water partition coefficient (Wildman–Crippen LogP) is 4.82. The second-order valence-electron chi connectivity index (χ2n) is 7.32. The Morgan fingerprint density at radius 3 is 2.38 bits per heavy atom. The van der Waals surface area contributed by atoms with Gasteiger partial charge in [-0.3, -0.25) is 9.59 Å². The minimum Gasteiger partial charge on any atom is -0.428 e. The van der Waals surface area contributed by atoms with Gasteiger partial charge in [-0.15, -0.1) is 0 Å². The SMILES string of the molecule is CC(=NNC(=O)c1cccc(OC(F)(F)C(F)F)c1)c1ccc(NC(=O)C2CCC2)cc1. The molecule has 6 nitrogen and oxygen atoms in total. The highest BCUT2D eigenvalue weighted by Gasteiger charge is 2.44. The Hall–Kier alpha value is -3.43. The maximum absolute atomic E-state index is 13.0. The zero-order valence-electron chi connectivity index (χ0n) is 17.1. The summed E-state index contributed by atoms with van der Waals surface area (Å²) >= 11 is 0. The molecule has 170 valence electrons. The Bertz CT molecular complexity index is 1010. The number of carbonyl (C=O) groups is 2. The van der Waals surface area contributed by atoms with Gasteiger partial charge in [-0.1, -0.05) is 24.6 Å². The van der Waals surface area contributed by atoms with Crippen LogP contribution < -0.4 is 15.5 Å². The van der Waals surface area contributed by atoms with Gasteiger partial charge in [-0.25, -0.2) is 5.43 Å². The van der Waals surface area contributed by atoms with Crippen LogP contribution in [0.1, 0.15) is 42.1 Å². The van der Waals surface area contributed by atoms with E-state index in [-0.39, 0.29) is 17.4 Å². The Morgan fingerprint density at radius 1 is 1.09 bits per heavy atom. The standard InChI is InChI=1S/C22H21F4N3O3/c1-13(14-8-10-17(11-9-14)27-19(30)15-4-2-5-15)28-29-20(31)16-6-3-7-18(12-16)32-22(25,26)21(23)24/h3,6-12,15,21H,2,4-5H2,1H3,(H,27,30)(H,29,31). The maximum Gasteiger partial charge on any atom is 0.461 e. The van der Waals surface area contributed by atoms with E-state index in [1.807, 2.05) is 0 Å². The number of halogens is 4. The summed E-state index contributed by atoms with van der Waals surface area (Å²) in [5, 5.41) is 6.81. The van der Waals surface area contributed by atoms with Crippen molar-refractivity contribution in [3.05, 3.63) is 59.7 Å². The van der Waals surface area contributed by atoms with Crippen molar-refractivity contribution in [2.24, 2.45) is 11.0 Å². The number of hydrogen-bond donors (Lipinski definition) is 2. The van der Waals surface area contributed by atoms with Crippen molar-refractivity contribution >= 4 is 23.2 Å². The average molecular weight is 451 g/mol. The summed E-state index contributed by atoms with van der Waals surface area (Å²) in [5.74, 6) is -1.25. The van der Waals surface area contributed by atoms with E-state index in [2.05, 4.69) is 20.6 Å². The van der Waals surface area contributed by atoms with Gasteiger partial charge in [0, 0.05) is 17.2 Å². The first-order valence-corrected chi connectivity index (χ1v) is 9.86. The number of ether oxygens (including phenoxy) is 1. The number of hydrazone groups is 1. The van der Waals surface area contributed by atoms with Gasteiger partial charge in [0.1, 0.15) is 5.75 Å². The van der Waals surface area contributed by atoms with Crippen molar-refractivity contribution in [3.8, 4) is 5.75 Å². The van der Waals surface area contributed by atoms with E-state index in [1.165, 1.54) is 12.1 Å². The Balaban J connectivity index is 1.60. The molecule has 0 atom stereocenters. The van der Waals surface area contributed by atoms with E-state index in [9.17, 15) is 27.2 Å². The van der Waals surface area contributed by atoms with Crippen LogP contribution in [0.5, 0.6) is 5.75 Å². The lowest BCUT2D eigenvalue weighted by Gasteiger charge is -2.24. The highest BCUT2D eigenvalue weighted by molar-refractivity contribution is 6.01. The number of hydrogen-bond acceptors (Lipinski definition) is 4. The monoisotopic (exact) mass is 451 g/mol. The molecule has 2 N–H and O–H groups in total. The molecular formula is C22H21F4N3O3. The van der Waals surface area contributed by atoms with Crippen molar-refractivity contribution in [1.29, 1.82) is 0 Å². The minimum atomic E-state index is -4.67. The van der Waals surface area contributed by atoms with Gasteiger partial charge in [0.25, 0.3) is 5.91 Å². The van der Waals surface area contributed by atoms with Crippen LogP contribution in [0, 0.1) is 5.92 Å². The number of anilines is 1. The molecule has 0 bridgehead atoms. The molecule has 0 aliphatic heterocycles. The molecular weight excluding hydrogens is 430 g/mol. The van der Waals surface area contributed by atoms with Gasteiger partial charge >= 0.3 is 12.5 Å². The molecule has 3 rings (SSSR count). The Labute approximate surface area is 181 Å². The van der Waals surface area contributed by atoms with Crippen molar-refractivity contribution in [2.45, 2.75) is 38.7 Å². The second kappa shape index (κ2) is 9.80. The number of nitrogens with one attached hydrogen (secondary N) is 2. The number of rotatable bonds is 8. The lowest BCUT2D eigenvalue weighted by atomic mass is 9.85. The summed E-state index contributed by atoms with van der Waals surface area (Å²) in [7, 11) is 0. The Morgan fingerprint density at radius 2 is 1.78 bits per heavy atom. The van der Waals surface area contributed by atoms with E-state index in [0.717, 1.165) is 31.4 Å². The molecule has 0 aromatic heterocycles. The number of alkyl halides is 4. The van der Waals surface area contributed by atoms with Crippen molar-refractivity contribution in [3.63, 3.8) is 0 Å². The number of amides is 2. The minimum absolute atomic E-state index is 0.000764. The molecule has 0 heterocycles. The van der Waals surface area contributed by atoms with Crippen LogP contribution in [-0.2, 0) is 4.79 Å². The normalized spacial score (nSPS) is 14.6. The van der Waals surface area contributed by atoms with E-state index < -0.39 is 24.2 Å². The number of nitrogens with zero attached hydrogens (tertiary/aromatic N) is 1. The van der Waals surface area contributed by atoms with Crippen LogP contribution in [0.25, 0.3) is 0 Å². The van der Waals surface area contributed by atoms with Crippen LogP contribution in [-0.4, -0.2) is 30.1 Å². The number of benzene rings is 2. The Kier molecular flexibility index (Phi) is 7.12. The van der Waals surface area contributed by atoms with Gasteiger partial charge in [0.2, 0.25) is 5.91 Å². The summed E-state index contributed by atoms with van der Waals surface area (Å²) in [5.41, 5.74) is 3.96. The van der Waals surface area contributed by atoms with Gasteiger partial charge in [0.05, 0.1) is 5.71 Å². The summed E-state index contributed by atoms with van der Waals surface area (Å²) in [4.78, 5) is 24.2. The molecule has 1 aliphatic carbocycles. The first-order valence-electron chi connectivity index (χ1n) is 9.86. The zero-order chi connectivity index (χ0) is 23.3. The molecule has 0 unspecified atom stereocenters. The molecule has 1 aliphatic rings. The highest BCUT2D eigenvalue weighted by Crippen LogP contribution is 2.28. The van der Waals surface area contributed by atoms with E-state index >= 15 is 0 Å². The fourth-order valence-electron chi connectivity index (χ4n) is 2.88. The summed E-state index contributed by atoms with van der Waals surface area (Å²) in [6.45, 7) is 1.64. The largest absolute Gasteiger partial charge is 0.461 e. The summed E-state index contributed by atoms with van der Waals surface area (Å²) in [6, 6.07) is 11.4. The molecule has 10 heteroatoms. The molecule has 0 radical (unpaired) electrons. The average Bonchev–Trinajstić information content (AvgIpc) is 2.70. The third-order valence-electron chi connectivity index (χ3n) is 4.98. The highest BCUT2D eigenvalue weighted by atomic mass is 19.3. The summed E-state index contributed by atoms with van der Waals surface area (Å²) < 4.78 is 54.6. The first-order chi connectivity index (χ1) is 15.2. The fraction of sp³-hybridized carbons (Fsp3) is 0.318. The van der Waals surface area contributed by atoms with Crippen LogP contribution in [0.2, 0.25) is 0 Å². The van der Waals surface area contributed by atoms with Gasteiger partial charge < -0.3 is 10.1 Å². The molecule has 0 spiro atoms. The second-order valence-corrected chi connectivity index (χ2v) is 7.32. The van der Waals surface area contributed by atoms with Crippen LogP contribution in [0.15, 0.2) is 53.6 Å². The van der Waals surface area contributed by atoms with Gasteiger partial charge in [-0.2, -0.15) is 22.7 Å². The lowest BCUT2D eigenvalue weighted by Crippen LogP contribution is -2.33. The van der Waals surface area contributed by atoms with E-state index in [4.69, 9.17) is 0 Å². The summed E-state index contributed by atoms with van der Waals surface area (Å²) in [6.07, 6.45) is -5.81. The fourth-order valence-corrected chi connectivity index (χ4v) is 2.88. The van der Waals surface area contributed by atoms with Crippen molar-refractivity contribution in [1.82, 2.24) is 5.43 Å². The van der Waals surface area contributed by atoms with Gasteiger partial charge in [-0.05, 0) is 55.7 Å². The number of carbonyl (C=O) groups excluding carboxylic acids is 2. The third-order valence-corrected chi connectivity index (χ3v) is 4.98. The molecule has 2 aromatic rings. The lowest BCUT2D eigenvalue weighted by molar-refractivity contribution is -0.253. The van der Waals surface area contributed by atoms with Crippen molar-refractivity contribution < 1.29 is 31.9 Å². The third kappa shape index (κ3) is 5.83. The topological polar surface area (TPSA) is 79.8 Å². The smallest absolute Gasteiger partial charge is 0.428 e. The quantitative estimate of drug-likeness (QED) is 0.343.